The lowest BCUT2D eigenvalue weighted by molar-refractivity contribution is -0.137. The van der Waals surface area contributed by atoms with Gasteiger partial charge in [0.1, 0.15) is 0 Å². The van der Waals surface area contributed by atoms with Crippen molar-refractivity contribution in [1.29, 1.82) is 0 Å². The molecule has 0 aliphatic carbocycles. The summed E-state index contributed by atoms with van der Waals surface area (Å²) in [5, 5.41) is 9.84. The number of rotatable bonds is 6. The molecular formula is C12H15Cl2NO2. The molecule has 0 aromatic heterocycles. The fourth-order valence-corrected chi connectivity index (χ4v) is 2.13. The summed E-state index contributed by atoms with van der Waals surface area (Å²) in [6, 6.07) is 5.37. The predicted octanol–water partition coefficient (Wildman–Crippen LogP) is 3.29. The first-order valence-electron chi connectivity index (χ1n) is 5.40. The Kier molecular flexibility index (Phi) is 5.75. The molecule has 1 aromatic rings. The van der Waals surface area contributed by atoms with Crippen molar-refractivity contribution in [3.63, 3.8) is 0 Å². The summed E-state index contributed by atoms with van der Waals surface area (Å²) >= 11 is 11.8. The number of carbonyl (C=O) groups is 1. The van der Waals surface area contributed by atoms with Crippen LogP contribution in [0.1, 0.15) is 18.9 Å². The Labute approximate surface area is 111 Å². The second kappa shape index (κ2) is 6.84. The molecule has 0 aliphatic rings. The van der Waals surface area contributed by atoms with Gasteiger partial charge in [-0.05, 0) is 30.3 Å². The molecule has 0 bridgehead atoms. The van der Waals surface area contributed by atoms with Crippen molar-refractivity contribution < 1.29 is 9.90 Å². The van der Waals surface area contributed by atoms with Crippen LogP contribution in [0.3, 0.4) is 0 Å². The molecule has 94 valence electrons. The van der Waals surface area contributed by atoms with Crippen LogP contribution >= 0.6 is 23.2 Å². The van der Waals surface area contributed by atoms with Gasteiger partial charge in [0.05, 0.1) is 6.42 Å². The first-order chi connectivity index (χ1) is 8.01. The minimum Gasteiger partial charge on any atom is -0.481 e. The summed E-state index contributed by atoms with van der Waals surface area (Å²) in [5.41, 5.74) is 0.995. The zero-order chi connectivity index (χ0) is 12.8. The van der Waals surface area contributed by atoms with Crippen LogP contribution < -0.4 is 0 Å². The van der Waals surface area contributed by atoms with Gasteiger partial charge in [-0.1, -0.05) is 30.1 Å². The highest BCUT2D eigenvalue weighted by Crippen LogP contribution is 2.20. The third-order valence-electron chi connectivity index (χ3n) is 2.42. The average Bonchev–Trinajstić information content (AvgIpc) is 2.22. The smallest absolute Gasteiger partial charge is 0.304 e. The Morgan fingerprint density at radius 2 is 1.88 bits per heavy atom. The molecule has 0 saturated carbocycles. The summed E-state index contributed by atoms with van der Waals surface area (Å²) in [7, 11) is 0. The van der Waals surface area contributed by atoms with Crippen LogP contribution in [-0.4, -0.2) is 29.1 Å². The minimum absolute atomic E-state index is 0.141. The number of hydrogen-bond acceptors (Lipinski definition) is 2. The molecule has 0 heterocycles. The summed E-state index contributed by atoms with van der Waals surface area (Å²) < 4.78 is 0. The van der Waals surface area contributed by atoms with E-state index >= 15 is 0 Å². The molecular weight excluding hydrogens is 261 g/mol. The molecule has 0 saturated heterocycles. The van der Waals surface area contributed by atoms with Gasteiger partial charge in [-0.2, -0.15) is 0 Å². The first-order valence-corrected chi connectivity index (χ1v) is 6.16. The molecule has 0 radical (unpaired) electrons. The number of halogens is 2. The van der Waals surface area contributed by atoms with Crippen molar-refractivity contribution in [1.82, 2.24) is 4.90 Å². The van der Waals surface area contributed by atoms with Gasteiger partial charge in [0.15, 0.2) is 0 Å². The van der Waals surface area contributed by atoms with E-state index < -0.39 is 5.97 Å². The van der Waals surface area contributed by atoms with Crippen LogP contribution in [0.5, 0.6) is 0 Å². The van der Waals surface area contributed by atoms with Gasteiger partial charge in [0.25, 0.3) is 0 Å². The van der Waals surface area contributed by atoms with E-state index in [2.05, 4.69) is 0 Å². The van der Waals surface area contributed by atoms with Crippen molar-refractivity contribution in [2.45, 2.75) is 19.9 Å². The largest absolute Gasteiger partial charge is 0.481 e. The zero-order valence-electron chi connectivity index (χ0n) is 9.62. The Morgan fingerprint density at radius 1 is 1.29 bits per heavy atom. The second-order valence-electron chi connectivity index (χ2n) is 3.79. The van der Waals surface area contributed by atoms with Crippen LogP contribution in [0.2, 0.25) is 10.0 Å². The van der Waals surface area contributed by atoms with E-state index in [0.717, 1.165) is 12.1 Å². The maximum atomic E-state index is 10.5. The molecule has 1 aromatic carbocycles. The summed E-state index contributed by atoms with van der Waals surface area (Å²) in [4.78, 5) is 12.5. The van der Waals surface area contributed by atoms with Crippen LogP contribution in [0.25, 0.3) is 0 Å². The topological polar surface area (TPSA) is 40.5 Å². The van der Waals surface area contributed by atoms with Crippen molar-refractivity contribution in [2.24, 2.45) is 0 Å². The molecule has 1 rings (SSSR count). The van der Waals surface area contributed by atoms with E-state index in [1.165, 1.54) is 0 Å². The van der Waals surface area contributed by atoms with E-state index in [4.69, 9.17) is 28.3 Å². The molecule has 5 heteroatoms. The van der Waals surface area contributed by atoms with Gasteiger partial charge in [-0.3, -0.25) is 9.69 Å². The van der Waals surface area contributed by atoms with E-state index in [0.29, 0.717) is 23.1 Å². The van der Waals surface area contributed by atoms with E-state index in [-0.39, 0.29) is 6.42 Å². The molecule has 0 spiro atoms. The lowest BCUT2D eigenvalue weighted by Crippen LogP contribution is -2.25. The Balaban J connectivity index is 2.63. The quantitative estimate of drug-likeness (QED) is 0.866. The Bertz CT molecular complexity index is 376. The molecule has 3 nitrogen and oxygen atoms in total. The van der Waals surface area contributed by atoms with Crippen LogP contribution in [-0.2, 0) is 11.3 Å². The van der Waals surface area contributed by atoms with E-state index in [1.807, 2.05) is 24.0 Å². The number of carboxylic acids is 1. The highest BCUT2D eigenvalue weighted by atomic mass is 35.5. The molecule has 1 N–H and O–H groups in total. The number of aliphatic carboxylic acids is 1. The van der Waals surface area contributed by atoms with Crippen LogP contribution in [0.4, 0.5) is 0 Å². The van der Waals surface area contributed by atoms with Gasteiger partial charge in [0.2, 0.25) is 0 Å². The molecule has 0 fully saturated rings. The highest BCUT2D eigenvalue weighted by Gasteiger charge is 2.07. The third-order valence-corrected chi connectivity index (χ3v) is 2.85. The lowest BCUT2D eigenvalue weighted by atomic mass is 10.2. The molecule has 0 unspecified atom stereocenters. The zero-order valence-corrected chi connectivity index (χ0v) is 11.1. The maximum Gasteiger partial charge on any atom is 0.304 e. The van der Waals surface area contributed by atoms with Gasteiger partial charge >= 0.3 is 5.97 Å². The standard InChI is InChI=1S/C12H15Cl2NO2/c1-2-15(4-3-12(16)17)8-9-5-10(13)7-11(14)6-9/h5-7H,2-4,8H2,1H3,(H,16,17). The van der Waals surface area contributed by atoms with E-state index in [9.17, 15) is 4.79 Å². The summed E-state index contributed by atoms with van der Waals surface area (Å²) in [6.45, 7) is 3.96. The van der Waals surface area contributed by atoms with Crippen LogP contribution in [0.15, 0.2) is 18.2 Å². The van der Waals surface area contributed by atoms with Gasteiger partial charge in [-0.15, -0.1) is 0 Å². The predicted molar refractivity (Wildman–Crippen MR) is 69.7 cm³/mol. The fourth-order valence-electron chi connectivity index (χ4n) is 1.56. The van der Waals surface area contributed by atoms with Gasteiger partial charge in [0, 0.05) is 23.1 Å². The fraction of sp³-hybridized carbons (Fsp3) is 0.417. The van der Waals surface area contributed by atoms with Gasteiger partial charge < -0.3 is 5.11 Å². The number of hydrogen-bond donors (Lipinski definition) is 1. The number of nitrogens with zero attached hydrogens (tertiary/aromatic N) is 1. The van der Waals surface area contributed by atoms with Gasteiger partial charge in [-0.25, -0.2) is 0 Å². The lowest BCUT2D eigenvalue weighted by Gasteiger charge is -2.19. The summed E-state index contributed by atoms with van der Waals surface area (Å²) in [6.07, 6.45) is 0.141. The summed E-state index contributed by atoms with van der Waals surface area (Å²) in [5.74, 6) is -0.785. The minimum atomic E-state index is -0.785. The Hall–Kier alpha value is -0.770. The van der Waals surface area contributed by atoms with Crippen molar-refractivity contribution in [3.8, 4) is 0 Å². The molecule has 0 amide bonds. The number of benzene rings is 1. The normalized spacial score (nSPS) is 10.8. The van der Waals surface area contributed by atoms with Crippen molar-refractivity contribution in [2.75, 3.05) is 13.1 Å². The Morgan fingerprint density at radius 3 is 2.35 bits per heavy atom. The first kappa shape index (κ1) is 14.3. The number of carboxylic acid groups (broad SMARTS) is 1. The van der Waals surface area contributed by atoms with Crippen LogP contribution in [0, 0.1) is 0 Å². The molecule has 0 atom stereocenters. The third kappa shape index (κ3) is 5.39. The second-order valence-corrected chi connectivity index (χ2v) is 4.66. The van der Waals surface area contributed by atoms with Crippen molar-refractivity contribution in [3.05, 3.63) is 33.8 Å². The van der Waals surface area contributed by atoms with E-state index in [1.54, 1.807) is 6.07 Å². The SMILES string of the molecule is CCN(CCC(=O)O)Cc1cc(Cl)cc(Cl)c1. The maximum absolute atomic E-state index is 10.5. The highest BCUT2D eigenvalue weighted by molar-refractivity contribution is 6.34. The molecule has 0 aliphatic heterocycles. The average molecular weight is 276 g/mol. The monoisotopic (exact) mass is 275 g/mol. The molecule has 17 heavy (non-hydrogen) atoms. The van der Waals surface area contributed by atoms with Crippen molar-refractivity contribution >= 4 is 29.2 Å².